The molecule has 0 fully saturated rings. The van der Waals surface area contributed by atoms with Crippen molar-refractivity contribution >= 4 is 46.1 Å². The minimum Gasteiger partial charge on any atom is -0.476 e. The molecule has 0 unspecified atom stereocenters. The third kappa shape index (κ3) is 8.76. The number of anilines is 3. The first-order valence-corrected chi connectivity index (χ1v) is 27.5. The minimum absolute atomic E-state index is 0.0666. The molecule has 0 bridgehead atoms. The first-order valence-electron chi connectivity index (χ1n) is 26.6. The van der Waals surface area contributed by atoms with E-state index in [-0.39, 0.29) is 32.8 Å². The molecule has 370 valence electrons. The van der Waals surface area contributed by atoms with Crippen molar-refractivity contribution in [3.05, 3.63) is 206 Å². The summed E-state index contributed by atoms with van der Waals surface area (Å²) in [6.45, 7) is 17.1. The molecular weight excluding hydrogens is 927 g/mol. The number of unbranched alkanes of at least 4 members (excludes halogenated alkanes) is 4. The second-order valence-corrected chi connectivity index (χ2v) is 21.2. The van der Waals surface area contributed by atoms with Crippen molar-refractivity contribution in [2.45, 2.75) is 116 Å². The van der Waals surface area contributed by atoms with Gasteiger partial charge >= 0.3 is 5.97 Å². The molecule has 0 amide bonds. The fourth-order valence-corrected chi connectivity index (χ4v) is 13.2. The maximum atomic E-state index is 12.7. The smallest absolute Gasteiger partial charge is 0.357 e. The third-order valence-corrected chi connectivity index (χ3v) is 16.8. The highest BCUT2D eigenvalue weighted by Crippen LogP contribution is 2.58. The lowest BCUT2D eigenvalue weighted by atomic mass is 9.70. The monoisotopic (exact) mass is 989 g/mol. The lowest BCUT2D eigenvalue weighted by molar-refractivity contribution is 0.0688. The Labute approximate surface area is 440 Å². The molecule has 6 aromatic carbocycles. The number of aromatic nitrogens is 2. The van der Waals surface area contributed by atoms with Crippen molar-refractivity contribution in [3.8, 4) is 44.5 Å². The van der Waals surface area contributed by atoms with Gasteiger partial charge in [-0.25, -0.2) is 19.6 Å². The van der Waals surface area contributed by atoms with E-state index in [1.807, 2.05) is 36.4 Å². The number of nitrogens with zero attached hydrogens (tertiary/aromatic N) is 5. The highest BCUT2D eigenvalue weighted by Gasteiger charge is 2.44. The number of fused-ring (bicyclic) bond motifs is 6. The van der Waals surface area contributed by atoms with Gasteiger partial charge < -0.3 is 10.0 Å². The number of para-hydroxylation sites is 1. The van der Waals surface area contributed by atoms with E-state index >= 15 is 0 Å². The number of benzene rings is 6. The predicted molar refractivity (Wildman–Crippen MR) is 304 cm³/mol. The summed E-state index contributed by atoms with van der Waals surface area (Å²) in [4.78, 5) is 20.5. The van der Waals surface area contributed by atoms with Crippen LogP contribution in [0.25, 0.3) is 55.0 Å². The maximum absolute atomic E-state index is 12.7. The summed E-state index contributed by atoms with van der Waals surface area (Å²) >= 11 is 1.52. The van der Waals surface area contributed by atoms with Crippen molar-refractivity contribution in [2.75, 3.05) is 4.90 Å². The molecule has 2 aliphatic rings. The van der Waals surface area contributed by atoms with Crippen LogP contribution in [0.4, 0.5) is 17.1 Å². The van der Waals surface area contributed by atoms with Crippen LogP contribution in [0.3, 0.4) is 0 Å². The molecule has 0 radical (unpaired) electrons. The van der Waals surface area contributed by atoms with Gasteiger partial charge in [-0.15, -0.1) is 11.3 Å². The zero-order valence-corrected chi connectivity index (χ0v) is 43.8. The number of rotatable bonds is 19. The van der Waals surface area contributed by atoms with Crippen LogP contribution in [0, 0.1) is 17.9 Å². The minimum atomic E-state index is -1.24. The number of hydrogen-bond acceptors (Lipinski definition) is 5. The van der Waals surface area contributed by atoms with Crippen LogP contribution in [0.15, 0.2) is 152 Å². The van der Waals surface area contributed by atoms with Gasteiger partial charge in [0, 0.05) is 42.9 Å². The van der Waals surface area contributed by atoms with Gasteiger partial charge in [0.2, 0.25) is 0 Å². The largest absolute Gasteiger partial charge is 0.476 e. The Morgan fingerprint density at radius 2 is 1.14 bits per heavy atom. The van der Waals surface area contributed by atoms with E-state index in [1.54, 1.807) is 18.2 Å². The zero-order valence-electron chi connectivity index (χ0n) is 43.0. The molecule has 2 aliphatic carbocycles. The molecule has 0 saturated carbocycles. The highest BCUT2D eigenvalue weighted by atomic mass is 32.1. The van der Waals surface area contributed by atoms with Crippen LogP contribution in [-0.2, 0) is 10.8 Å². The van der Waals surface area contributed by atoms with Gasteiger partial charge in [-0.3, -0.25) is 0 Å². The van der Waals surface area contributed by atoms with Crippen LogP contribution in [0.2, 0.25) is 0 Å². The van der Waals surface area contributed by atoms with Crippen LogP contribution >= 0.6 is 11.3 Å². The van der Waals surface area contributed by atoms with Gasteiger partial charge in [0.05, 0.1) is 23.7 Å². The quantitative estimate of drug-likeness (QED) is 0.0816. The van der Waals surface area contributed by atoms with Crippen LogP contribution in [0.5, 0.6) is 0 Å². The van der Waals surface area contributed by atoms with E-state index < -0.39 is 5.97 Å². The number of nitriles is 1. The zero-order chi connectivity index (χ0) is 51.4. The van der Waals surface area contributed by atoms with Crippen molar-refractivity contribution in [2.24, 2.45) is 0 Å². The van der Waals surface area contributed by atoms with E-state index in [0.29, 0.717) is 5.69 Å². The second kappa shape index (κ2) is 21.4. The Kier molecular flexibility index (Phi) is 14.4. The van der Waals surface area contributed by atoms with E-state index in [2.05, 4.69) is 152 Å². The predicted octanol–water partition coefficient (Wildman–Crippen LogP) is 16.4. The van der Waals surface area contributed by atoms with Crippen LogP contribution in [-0.4, -0.2) is 20.9 Å². The average Bonchev–Trinajstić information content (AvgIpc) is 4.21. The first-order chi connectivity index (χ1) is 36.2. The Morgan fingerprint density at radius 3 is 1.62 bits per heavy atom. The molecule has 2 aromatic heterocycles. The second-order valence-electron chi connectivity index (χ2n) is 20.1. The van der Waals surface area contributed by atoms with E-state index in [9.17, 15) is 15.2 Å². The molecule has 8 heteroatoms. The highest BCUT2D eigenvalue weighted by molar-refractivity contribution is 7.16. The topological polar surface area (TPSA) is 86.5 Å². The summed E-state index contributed by atoms with van der Waals surface area (Å²) in [7, 11) is 0. The standard InChI is InChI=1S/C66H63N5O2S/c1-6-10-37-65(38-11-7-2)56-25-19-17-23-51(56)53-34-31-48(41-58(53)65)70(49-32-35-54-52-24-18-20-26-57(52)66(39-12-8-3,40-13-9-4)59(54)42-49)46-29-27-45(28-30-46)61-36-33-50(74-61)43-55-62(64(72)73)69-71(47-21-15-14-16-22-47)63(55)60(44-67)68-5/h14-36,41-43H,6-13,37-40H2,1-4H3,(H,72,73)/b55-43-,63-60?. The lowest BCUT2D eigenvalue weighted by Crippen LogP contribution is -2.32. The summed E-state index contributed by atoms with van der Waals surface area (Å²) in [6, 6.07) is 56.7. The molecular formula is C66H63N5O2S. The van der Waals surface area contributed by atoms with Crippen molar-refractivity contribution in [1.29, 1.82) is 5.26 Å². The van der Waals surface area contributed by atoms with E-state index in [0.717, 1.165) is 109 Å². The first kappa shape index (κ1) is 49.8. The fraction of sp³-hybridized carbons (Fsp3) is 0.273. The van der Waals surface area contributed by atoms with Gasteiger partial charge in [0.15, 0.2) is 5.69 Å². The lowest BCUT2D eigenvalue weighted by Gasteiger charge is -2.35. The number of carboxylic acids is 1. The maximum Gasteiger partial charge on any atom is 0.357 e. The van der Waals surface area contributed by atoms with Crippen molar-refractivity contribution in [1.82, 2.24) is 9.78 Å². The molecule has 0 atom stereocenters. The molecule has 7 nitrogen and oxygen atoms in total. The Hall–Kier alpha value is -7.78. The van der Waals surface area contributed by atoms with Gasteiger partial charge in [0.1, 0.15) is 0 Å². The summed E-state index contributed by atoms with van der Waals surface area (Å²) < 4.78 is 1.39. The molecule has 0 spiro atoms. The summed E-state index contributed by atoms with van der Waals surface area (Å²) in [6.07, 6.45) is 15.5. The molecule has 0 aliphatic heterocycles. The molecule has 8 aromatic rings. The molecule has 2 heterocycles. The Balaban J connectivity index is 1.12. The number of aromatic carboxylic acids is 1. The fourth-order valence-electron chi connectivity index (χ4n) is 12.2. The van der Waals surface area contributed by atoms with Gasteiger partial charge in [-0.1, -0.05) is 170 Å². The van der Waals surface area contributed by atoms with E-state index in [1.165, 1.54) is 60.5 Å². The normalized spacial score (nSPS) is 14.1. The SMILES string of the molecule is [C-]#[N+]C(C#N)=c1/c(=C\c2ccc(-c3ccc(N(c4ccc5c(c4)C(CCCC)(CCCC)c4ccccc4-5)c4ccc5c(c4)C(CCCC)(CCCC)c4ccccc4-5)cc3)s2)c(C(=O)O)nn1-c1ccccc1. The summed E-state index contributed by atoms with van der Waals surface area (Å²) in [5, 5.41) is 25.2. The Bertz CT molecular complexity index is 3440. The van der Waals surface area contributed by atoms with Crippen LogP contribution < -0.4 is 15.5 Å². The van der Waals surface area contributed by atoms with Gasteiger partial charge in [0.25, 0.3) is 5.70 Å². The van der Waals surface area contributed by atoms with Crippen LogP contribution in [0.1, 0.15) is 142 Å². The number of carboxylic acid groups (broad SMARTS) is 1. The number of carbonyl (C=O) groups is 1. The van der Waals surface area contributed by atoms with Gasteiger partial charge in [-0.05, 0) is 142 Å². The van der Waals surface area contributed by atoms with Gasteiger partial charge in [-0.2, -0.15) is 5.10 Å². The van der Waals surface area contributed by atoms with Crippen molar-refractivity contribution in [3.63, 3.8) is 0 Å². The molecule has 0 saturated heterocycles. The average molecular weight is 990 g/mol. The van der Waals surface area contributed by atoms with E-state index in [4.69, 9.17) is 6.57 Å². The molecule has 74 heavy (non-hydrogen) atoms. The number of thiophene rings is 1. The summed E-state index contributed by atoms with van der Waals surface area (Å²) in [5.74, 6) is -1.24. The van der Waals surface area contributed by atoms with Crippen molar-refractivity contribution < 1.29 is 9.90 Å². The number of hydrogen-bond donors (Lipinski definition) is 1. The molecule has 1 N–H and O–H groups in total. The summed E-state index contributed by atoms with van der Waals surface area (Å²) in [5.41, 5.74) is 15.6. The Morgan fingerprint density at radius 1 is 0.649 bits per heavy atom. The third-order valence-electron chi connectivity index (χ3n) is 15.7. The molecule has 10 rings (SSSR count).